The van der Waals surface area contributed by atoms with Crippen molar-refractivity contribution in [1.82, 2.24) is 5.32 Å². The zero-order chi connectivity index (χ0) is 41.0. The van der Waals surface area contributed by atoms with Gasteiger partial charge in [-0.2, -0.15) is 0 Å². The lowest BCUT2D eigenvalue weighted by Crippen LogP contribution is -2.40. The lowest BCUT2D eigenvalue weighted by molar-refractivity contribution is -0.147. The zero-order valence-corrected chi connectivity index (χ0v) is 35.2. The molecule has 0 spiro atoms. The van der Waals surface area contributed by atoms with Crippen molar-refractivity contribution in [3.05, 3.63) is 109 Å². The van der Waals surface area contributed by atoms with Gasteiger partial charge < -0.3 is 20.9 Å². The van der Waals surface area contributed by atoms with E-state index in [4.69, 9.17) is 10.5 Å². The highest BCUT2D eigenvalue weighted by molar-refractivity contribution is 5.83. The van der Waals surface area contributed by atoms with Crippen LogP contribution in [0.4, 0.5) is 0 Å². The fraction of sp³-hybridized carbons (Fsp3) is 0.571. The number of rotatable bonds is 37. The Morgan fingerprint density at radius 2 is 0.982 bits per heavy atom. The number of amides is 1. The van der Waals surface area contributed by atoms with Crippen LogP contribution in [0.3, 0.4) is 0 Å². The van der Waals surface area contributed by atoms with Crippen LogP contribution >= 0.6 is 0 Å². The first-order chi connectivity index (χ1) is 27.4. The predicted molar refractivity (Wildman–Crippen MR) is 238 cm³/mol. The molecule has 2 unspecified atom stereocenters. The maximum atomic E-state index is 12.8. The maximum absolute atomic E-state index is 12.8. The van der Waals surface area contributed by atoms with Crippen LogP contribution in [0.5, 0.6) is 0 Å². The van der Waals surface area contributed by atoms with Gasteiger partial charge in [0, 0.05) is 12.8 Å². The summed E-state index contributed by atoms with van der Waals surface area (Å²) >= 11 is 0. The molecule has 7 nitrogen and oxygen atoms in total. The van der Waals surface area contributed by atoms with E-state index >= 15 is 0 Å². The van der Waals surface area contributed by atoms with Crippen LogP contribution in [-0.4, -0.2) is 41.6 Å². The van der Waals surface area contributed by atoms with Crippen molar-refractivity contribution in [2.45, 2.75) is 174 Å². The monoisotopic (exact) mass is 775 g/mol. The second kappa shape index (κ2) is 42.2. The molecule has 0 aromatic rings. The third-order valence-corrected chi connectivity index (χ3v) is 8.82. The van der Waals surface area contributed by atoms with Gasteiger partial charge in [0.2, 0.25) is 5.91 Å². The molecule has 314 valence electrons. The van der Waals surface area contributed by atoms with Gasteiger partial charge >= 0.3 is 11.9 Å². The SMILES string of the molecule is CC/C=C\C/C=C\C/C=C\C/C=C\C/C=C\C(CCCCC(=O)NC(CCCN)C(=O)O)OC(=O)CCCCCCCC/C=C\C/C=C\C/C=C\C/C=C\CC. The highest BCUT2D eigenvalue weighted by Gasteiger charge is 2.19. The molecule has 0 heterocycles. The van der Waals surface area contributed by atoms with Crippen LogP contribution in [-0.2, 0) is 19.1 Å². The average molecular weight is 775 g/mol. The molecular weight excluding hydrogens is 697 g/mol. The van der Waals surface area contributed by atoms with Crippen molar-refractivity contribution in [1.29, 1.82) is 0 Å². The first-order valence-electron chi connectivity index (χ1n) is 21.7. The topological polar surface area (TPSA) is 119 Å². The molecule has 0 aliphatic carbocycles. The molecule has 0 aromatic heterocycles. The van der Waals surface area contributed by atoms with E-state index in [0.29, 0.717) is 45.1 Å². The second-order valence-corrected chi connectivity index (χ2v) is 14.0. The number of hydrogen-bond donors (Lipinski definition) is 3. The number of unbranched alkanes of at least 4 members (excludes halogenated alkanes) is 7. The fourth-order valence-electron chi connectivity index (χ4n) is 5.62. The quantitative estimate of drug-likeness (QED) is 0.0328. The molecule has 0 aliphatic heterocycles. The number of allylic oxidation sites excluding steroid dienone is 17. The van der Waals surface area contributed by atoms with Crippen LogP contribution in [0, 0.1) is 0 Å². The number of nitrogens with one attached hydrogen (secondary N) is 1. The summed E-state index contributed by atoms with van der Waals surface area (Å²) in [6, 6.07) is -0.919. The molecule has 0 radical (unpaired) electrons. The smallest absolute Gasteiger partial charge is 0.326 e. The standard InChI is InChI=1S/C49H78N2O5/c1-3-5-7-9-11-13-15-17-19-20-21-22-23-25-27-29-31-33-35-43-48(53)56-45(40-36-37-42-47(52)51-46(49(54)55)41-38-44-50)39-34-32-30-28-26-24-18-16-14-12-10-8-6-4-2/h5-8,11-14,17-19,21-22,24,28,30,34,39,45-46H,3-4,9-10,15-16,20,23,25-27,29,31-33,35-38,40-44,50H2,1-2H3,(H,51,52)(H,54,55)/b7-5-,8-6-,13-11-,14-12-,19-17-,22-21-,24-18-,30-28-,39-34-. The average Bonchev–Trinajstić information content (AvgIpc) is 3.18. The van der Waals surface area contributed by atoms with E-state index in [1.807, 2.05) is 12.2 Å². The summed E-state index contributed by atoms with van der Waals surface area (Å²) in [6.07, 6.45) is 58.5. The summed E-state index contributed by atoms with van der Waals surface area (Å²) in [5.41, 5.74) is 5.50. The Morgan fingerprint density at radius 3 is 1.48 bits per heavy atom. The molecule has 0 fully saturated rings. The molecule has 0 saturated carbocycles. The Labute approximate surface area is 341 Å². The van der Waals surface area contributed by atoms with Gasteiger partial charge in [0.05, 0.1) is 0 Å². The molecule has 1 amide bonds. The fourth-order valence-corrected chi connectivity index (χ4v) is 5.62. The lowest BCUT2D eigenvalue weighted by atomic mass is 10.1. The number of ether oxygens (including phenoxy) is 1. The van der Waals surface area contributed by atoms with Gasteiger partial charge in [0.15, 0.2) is 0 Å². The summed E-state index contributed by atoms with van der Waals surface area (Å²) < 4.78 is 5.87. The molecule has 0 aliphatic rings. The lowest BCUT2D eigenvalue weighted by Gasteiger charge is -2.16. The summed E-state index contributed by atoms with van der Waals surface area (Å²) in [6.45, 7) is 4.67. The molecule has 0 aromatic carbocycles. The Kier molecular flexibility index (Phi) is 39.2. The minimum Gasteiger partial charge on any atom is -0.480 e. The minimum atomic E-state index is -1.05. The third kappa shape index (κ3) is 38.3. The zero-order valence-electron chi connectivity index (χ0n) is 35.2. The van der Waals surface area contributed by atoms with E-state index in [1.165, 1.54) is 19.3 Å². The van der Waals surface area contributed by atoms with Crippen molar-refractivity contribution in [3.8, 4) is 0 Å². The van der Waals surface area contributed by atoms with E-state index in [9.17, 15) is 19.5 Å². The highest BCUT2D eigenvalue weighted by Crippen LogP contribution is 2.14. The first kappa shape index (κ1) is 52.0. The van der Waals surface area contributed by atoms with Crippen LogP contribution in [0.15, 0.2) is 109 Å². The van der Waals surface area contributed by atoms with Crippen molar-refractivity contribution in [2.75, 3.05) is 6.54 Å². The summed E-state index contributed by atoms with van der Waals surface area (Å²) in [5.74, 6) is -1.51. The van der Waals surface area contributed by atoms with Crippen molar-refractivity contribution >= 4 is 17.8 Å². The maximum Gasteiger partial charge on any atom is 0.326 e. The Morgan fingerprint density at radius 1 is 0.536 bits per heavy atom. The van der Waals surface area contributed by atoms with Gasteiger partial charge in [-0.1, -0.05) is 143 Å². The number of carboxylic acids is 1. The second-order valence-electron chi connectivity index (χ2n) is 14.0. The number of carboxylic acid groups (broad SMARTS) is 1. The van der Waals surface area contributed by atoms with Crippen LogP contribution in [0.2, 0.25) is 0 Å². The van der Waals surface area contributed by atoms with E-state index in [1.54, 1.807) is 0 Å². The van der Waals surface area contributed by atoms with Crippen molar-refractivity contribution in [2.24, 2.45) is 5.73 Å². The summed E-state index contributed by atoms with van der Waals surface area (Å²) in [7, 11) is 0. The Balaban J connectivity index is 4.54. The largest absolute Gasteiger partial charge is 0.480 e. The molecule has 0 rings (SSSR count). The molecule has 56 heavy (non-hydrogen) atoms. The van der Waals surface area contributed by atoms with Crippen molar-refractivity contribution in [3.63, 3.8) is 0 Å². The number of nitrogens with two attached hydrogens (primary N) is 1. The molecule has 4 N–H and O–H groups in total. The number of carbonyl (C=O) groups excluding carboxylic acids is 2. The van der Waals surface area contributed by atoms with Gasteiger partial charge in [0.1, 0.15) is 12.1 Å². The molecular formula is C49H78N2O5. The number of aliphatic carboxylic acids is 1. The molecule has 2 atom stereocenters. The molecule has 7 heteroatoms. The number of carbonyl (C=O) groups is 3. The first-order valence-corrected chi connectivity index (χ1v) is 21.7. The van der Waals surface area contributed by atoms with E-state index in [2.05, 4.69) is 116 Å². The van der Waals surface area contributed by atoms with E-state index in [0.717, 1.165) is 83.5 Å². The summed E-state index contributed by atoms with van der Waals surface area (Å²) in [5, 5.41) is 12.0. The van der Waals surface area contributed by atoms with E-state index < -0.39 is 12.0 Å². The van der Waals surface area contributed by atoms with Gasteiger partial charge in [-0.3, -0.25) is 9.59 Å². The van der Waals surface area contributed by atoms with Gasteiger partial charge in [-0.15, -0.1) is 0 Å². The molecule has 0 bridgehead atoms. The van der Waals surface area contributed by atoms with Gasteiger partial charge in [-0.25, -0.2) is 4.79 Å². The van der Waals surface area contributed by atoms with Crippen LogP contribution in [0.25, 0.3) is 0 Å². The normalized spacial score (nSPS) is 13.8. The number of hydrogen-bond acceptors (Lipinski definition) is 5. The number of esters is 1. The Hall–Kier alpha value is -3.97. The Bertz CT molecular complexity index is 1240. The van der Waals surface area contributed by atoms with Gasteiger partial charge in [-0.05, 0) is 122 Å². The highest BCUT2D eigenvalue weighted by atomic mass is 16.5. The van der Waals surface area contributed by atoms with Gasteiger partial charge in [0.25, 0.3) is 0 Å². The summed E-state index contributed by atoms with van der Waals surface area (Å²) in [4.78, 5) is 36.6. The molecule has 0 saturated heterocycles. The third-order valence-electron chi connectivity index (χ3n) is 8.82. The van der Waals surface area contributed by atoms with E-state index in [-0.39, 0.29) is 24.4 Å². The van der Waals surface area contributed by atoms with Crippen LogP contribution in [0.1, 0.15) is 162 Å². The van der Waals surface area contributed by atoms with Crippen LogP contribution < -0.4 is 11.1 Å². The minimum absolute atomic E-state index is 0.183. The van der Waals surface area contributed by atoms with Crippen molar-refractivity contribution < 1.29 is 24.2 Å². The predicted octanol–water partition coefficient (Wildman–Crippen LogP) is 12.4.